The quantitative estimate of drug-likeness (QED) is 0.623. The summed E-state index contributed by atoms with van der Waals surface area (Å²) in [5, 5.41) is 10.9. The molecule has 0 radical (unpaired) electrons. The van der Waals surface area contributed by atoms with E-state index in [1.54, 1.807) is 12.1 Å². The maximum atomic E-state index is 10.9. The molecule has 0 aliphatic rings. The summed E-state index contributed by atoms with van der Waals surface area (Å²) in [4.78, 5) is 10.5. The van der Waals surface area contributed by atoms with E-state index < -0.39 is 4.92 Å². The second-order valence-corrected chi connectivity index (χ2v) is 4.84. The zero-order valence-corrected chi connectivity index (χ0v) is 11.1. The third-order valence-electron chi connectivity index (χ3n) is 2.87. The molecule has 0 fully saturated rings. The molecule has 1 rings (SSSR count). The summed E-state index contributed by atoms with van der Waals surface area (Å²) in [6.07, 6.45) is 2.49. The van der Waals surface area contributed by atoms with E-state index in [0.717, 1.165) is 18.4 Å². The van der Waals surface area contributed by atoms with E-state index in [-0.39, 0.29) is 17.0 Å². The van der Waals surface area contributed by atoms with Crippen molar-refractivity contribution in [2.24, 2.45) is 5.73 Å². The molecule has 18 heavy (non-hydrogen) atoms. The van der Waals surface area contributed by atoms with Crippen LogP contribution < -0.4 is 10.5 Å². The van der Waals surface area contributed by atoms with Crippen molar-refractivity contribution >= 4 is 5.69 Å². The summed E-state index contributed by atoms with van der Waals surface area (Å²) < 4.78 is 4.97. The molecular weight excluding hydrogens is 232 g/mol. The van der Waals surface area contributed by atoms with Crippen molar-refractivity contribution in [2.45, 2.75) is 38.6 Å². The molecule has 5 nitrogen and oxygen atoms in total. The van der Waals surface area contributed by atoms with Crippen molar-refractivity contribution in [1.29, 1.82) is 0 Å². The molecule has 5 heteroatoms. The highest BCUT2D eigenvalue weighted by atomic mass is 16.6. The first-order valence-corrected chi connectivity index (χ1v) is 6.00. The van der Waals surface area contributed by atoms with Crippen molar-refractivity contribution < 1.29 is 9.66 Å². The van der Waals surface area contributed by atoms with Crippen LogP contribution in [0.1, 0.15) is 32.3 Å². The highest BCUT2D eigenvalue weighted by molar-refractivity contribution is 5.48. The second-order valence-electron chi connectivity index (χ2n) is 4.84. The summed E-state index contributed by atoms with van der Waals surface area (Å²) >= 11 is 0. The minimum atomic E-state index is -0.435. The molecule has 1 atom stereocenters. The number of nitro groups is 1. The van der Waals surface area contributed by atoms with Gasteiger partial charge in [-0.05, 0) is 31.4 Å². The van der Waals surface area contributed by atoms with Crippen LogP contribution in [-0.4, -0.2) is 17.6 Å². The standard InChI is InChI=1S/C13H20N2O3/c1-4-7-13(2,14)9-10-5-6-12(18-3)11(8-10)15(16)17/h5-6,8H,4,7,9,14H2,1-3H3. The number of benzene rings is 1. The fraction of sp³-hybridized carbons (Fsp3) is 0.538. The van der Waals surface area contributed by atoms with E-state index in [9.17, 15) is 10.1 Å². The summed E-state index contributed by atoms with van der Waals surface area (Å²) in [5.74, 6) is 0.276. The molecule has 0 aliphatic carbocycles. The number of nitrogens with zero attached hydrogens (tertiary/aromatic N) is 1. The predicted molar refractivity (Wildman–Crippen MR) is 70.9 cm³/mol. The molecule has 1 aromatic rings. The van der Waals surface area contributed by atoms with Crippen molar-refractivity contribution in [3.63, 3.8) is 0 Å². The molecule has 1 aromatic carbocycles. The molecule has 0 bridgehead atoms. The molecule has 0 heterocycles. The summed E-state index contributed by atoms with van der Waals surface area (Å²) in [7, 11) is 1.42. The Kier molecular flexibility index (Phi) is 4.67. The van der Waals surface area contributed by atoms with Gasteiger partial charge in [-0.25, -0.2) is 0 Å². The number of ether oxygens (including phenoxy) is 1. The maximum absolute atomic E-state index is 10.9. The smallest absolute Gasteiger partial charge is 0.311 e. The second kappa shape index (κ2) is 5.82. The first-order valence-electron chi connectivity index (χ1n) is 6.00. The van der Waals surface area contributed by atoms with Crippen LogP contribution in [0.25, 0.3) is 0 Å². The van der Waals surface area contributed by atoms with Crippen LogP contribution in [0.2, 0.25) is 0 Å². The SMILES string of the molecule is CCCC(C)(N)Cc1ccc(OC)c([N+](=O)[O-])c1. The van der Waals surface area contributed by atoms with E-state index in [0.29, 0.717) is 6.42 Å². The van der Waals surface area contributed by atoms with E-state index in [1.807, 2.05) is 13.0 Å². The number of nitrogens with two attached hydrogens (primary N) is 1. The first-order chi connectivity index (χ1) is 8.39. The average molecular weight is 252 g/mol. The van der Waals surface area contributed by atoms with E-state index in [1.165, 1.54) is 7.11 Å². The molecule has 100 valence electrons. The zero-order chi connectivity index (χ0) is 13.8. The lowest BCUT2D eigenvalue weighted by atomic mass is 9.89. The Labute approximate surface area is 107 Å². The zero-order valence-electron chi connectivity index (χ0n) is 11.1. The summed E-state index contributed by atoms with van der Waals surface area (Å²) in [5.41, 5.74) is 6.67. The number of hydrogen-bond acceptors (Lipinski definition) is 4. The minimum Gasteiger partial charge on any atom is -0.490 e. The van der Waals surface area contributed by atoms with Gasteiger partial charge >= 0.3 is 5.69 Å². The Hall–Kier alpha value is -1.62. The lowest BCUT2D eigenvalue weighted by Crippen LogP contribution is -2.38. The molecule has 0 aromatic heterocycles. The molecule has 0 aliphatic heterocycles. The largest absolute Gasteiger partial charge is 0.490 e. The lowest BCUT2D eigenvalue weighted by molar-refractivity contribution is -0.385. The highest BCUT2D eigenvalue weighted by Gasteiger charge is 2.21. The molecule has 1 unspecified atom stereocenters. The monoisotopic (exact) mass is 252 g/mol. The third kappa shape index (κ3) is 3.70. The number of nitro benzene ring substituents is 1. The topological polar surface area (TPSA) is 78.4 Å². The molecule has 0 saturated carbocycles. The Bertz CT molecular complexity index is 430. The van der Waals surface area contributed by atoms with E-state index >= 15 is 0 Å². The van der Waals surface area contributed by atoms with Gasteiger partial charge in [-0.2, -0.15) is 0 Å². The van der Waals surface area contributed by atoms with Gasteiger partial charge in [0, 0.05) is 11.6 Å². The molecule has 0 saturated heterocycles. The van der Waals surface area contributed by atoms with Crippen LogP contribution in [0, 0.1) is 10.1 Å². The van der Waals surface area contributed by atoms with Crippen LogP contribution in [0.5, 0.6) is 5.75 Å². The van der Waals surface area contributed by atoms with Gasteiger partial charge in [0.05, 0.1) is 12.0 Å². The summed E-state index contributed by atoms with van der Waals surface area (Å²) in [6.45, 7) is 4.04. The van der Waals surface area contributed by atoms with Crippen molar-refractivity contribution in [3.05, 3.63) is 33.9 Å². The summed E-state index contributed by atoms with van der Waals surface area (Å²) in [6, 6.07) is 4.99. The number of rotatable bonds is 6. The Morgan fingerprint density at radius 3 is 2.67 bits per heavy atom. The van der Waals surface area contributed by atoms with Gasteiger partial charge in [0.25, 0.3) is 0 Å². The highest BCUT2D eigenvalue weighted by Crippen LogP contribution is 2.29. The predicted octanol–water partition coefficient (Wildman–Crippen LogP) is 2.66. The van der Waals surface area contributed by atoms with Gasteiger partial charge in [-0.3, -0.25) is 10.1 Å². The molecule has 0 amide bonds. The van der Waals surface area contributed by atoms with Crippen molar-refractivity contribution in [1.82, 2.24) is 0 Å². The van der Waals surface area contributed by atoms with Gasteiger partial charge in [-0.15, -0.1) is 0 Å². The number of methoxy groups -OCH3 is 1. The Morgan fingerprint density at radius 1 is 1.50 bits per heavy atom. The van der Waals surface area contributed by atoms with Crippen LogP contribution in [0.4, 0.5) is 5.69 Å². The first kappa shape index (κ1) is 14.4. The van der Waals surface area contributed by atoms with Crippen LogP contribution >= 0.6 is 0 Å². The normalized spacial score (nSPS) is 14.0. The Morgan fingerprint density at radius 2 is 2.17 bits per heavy atom. The van der Waals surface area contributed by atoms with Crippen LogP contribution in [0.3, 0.4) is 0 Å². The fourth-order valence-corrected chi connectivity index (χ4v) is 2.11. The van der Waals surface area contributed by atoms with Crippen molar-refractivity contribution in [3.8, 4) is 5.75 Å². The number of hydrogen-bond donors (Lipinski definition) is 1. The molecule has 0 spiro atoms. The van der Waals surface area contributed by atoms with Crippen molar-refractivity contribution in [2.75, 3.05) is 7.11 Å². The van der Waals surface area contributed by atoms with Gasteiger partial charge in [0.2, 0.25) is 0 Å². The average Bonchev–Trinajstić information content (AvgIpc) is 2.28. The van der Waals surface area contributed by atoms with Gasteiger partial charge in [-0.1, -0.05) is 19.4 Å². The Balaban J connectivity index is 2.98. The third-order valence-corrected chi connectivity index (χ3v) is 2.87. The van der Waals surface area contributed by atoms with Crippen LogP contribution in [0.15, 0.2) is 18.2 Å². The lowest BCUT2D eigenvalue weighted by Gasteiger charge is -2.24. The van der Waals surface area contributed by atoms with Crippen LogP contribution in [-0.2, 0) is 6.42 Å². The molecule has 2 N–H and O–H groups in total. The minimum absolute atomic E-state index is 0.0118. The fourth-order valence-electron chi connectivity index (χ4n) is 2.11. The maximum Gasteiger partial charge on any atom is 0.311 e. The molecular formula is C13H20N2O3. The van der Waals surface area contributed by atoms with Gasteiger partial charge < -0.3 is 10.5 Å². The van der Waals surface area contributed by atoms with Gasteiger partial charge in [0.15, 0.2) is 5.75 Å². The van der Waals surface area contributed by atoms with E-state index in [2.05, 4.69) is 6.92 Å². The van der Waals surface area contributed by atoms with Gasteiger partial charge in [0.1, 0.15) is 0 Å². The van der Waals surface area contributed by atoms with E-state index in [4.69, 9.17) is 10.5 Å².